The number of carbonyl (C=O) groups is 2. The second-order valence-electron chi connectivity index (χ2n) is 6.34. The van der Waals surface area contributed by atoms with E-state index in [-0.39, 0.29) is 30.7 Å². The highest BCUT2D eigenvalue weighted by Gasteiger charge is 2.32. The molecule has 2 aliphatic rings. The summed E-state index contributed by atoms with van der Waals surface area (Å²) in [6.07, 6.45) is -0.0126. The van der Waals surface area contributed by atoms with Crippen LogP contribution in [0.3, 0.4) is 0 Å². The molecule has 3 amide bonds. The van der Waals surface area contributed by atoms with Crippen LogP contribution >= 0.6 is 0 Å². The first-order valence-electron chi connectivity index (χ1n) is 8.39. The summed E-state index contributed by atoms with van der Waals surface area (Å²) in [5.41, 5.74) is 1.24. The fourth-order valence-corrected chi connectivity index (χ4v) is 3.17. The maximum atomic E-state index is 12.3. The van der Waals surface area contributed by atoms with Gasteiger partial charge in [0.25, 0.3) is 5.91 Å². The summed E-state index contributed by atoms with van der Waals surface area (Å²) in [7, 11) is 3.69. The Morgan fingerprint density at radius 2 is 2.16 bits per heavy atom. The van der Waals surface area contributed by atoms with Gasteiger partial charge in [-0.3, -0.25) is 4.79 Å². The molecule has 1 aromatic carbocycles. The van der Waals surface area contributed by atoms with E-state index in [0.29, 0.717) is 23.7 Å². The Morgan fingerprint density at radius 1 is 1.36 bits per heavy atom. The quantitative estimate of drug-likeness (QED) is 0.844. The molecule has 2 N–H and O–H groups in total. The van der Waals surface area contributed by atoms with Crippen LogP contribution in [0.2, 0.25) is 0 Å². The molecule has 0 spiro atoms. The number of nitrogens with zero attached hydrogens (tertiary/aromatic N) is 2. The van der Waals surface area contributed by atoms with Gasteiger partial charge in [0, 0.05) is 32.4 Å². The van der Waals surface area contributed by atoms with E-state index in [1.165, 1.54) is 4.90 Å². The Hall–Kier alpha value is -2.32. The van der Waals surface area contributed by atoms with E-state index in [2.05, 4.69) is 15.5 Å². The van der Waals surface area contributed by atoms with Crippen molar-refractivity contribution in [1.82, 2.24) is 10.2 Å². The largest absolute Gasteiger partial charge is 0.482 e. The van der Waals surface area contributed by atoms with Gasteiger partial charge in [0.05, 0.1) is 17.8 Å². The molecule has 2 heterocycles. The number of hydrogen-bond donors (Lipinski definition) is 2. The Balaban J connectivity index is 1.64. The standard InChI is InChI=1S/C17H24N4O4/c1-4-24-15-9-20(2)8-12(15)19-17(23)18-11-5-6-14-13(7-11)21(3)16(22)10-25-14/h5-7,12,15H,4,8-10H2,1-3H3,(H2,18,19,23)/t12-,15-/m0/s1. The van der Waals surface area contributed by atoms with Gasteiger partial charge in [0.15, 0.2) is 6.61 Å². The number of anilines is 2. The highest BCUT2D eigenvalue weighted by atomic mass is 16.5. The smallest absolute Gasteiger partial charge is 0.319 e. The molecule has 0 saturated carbocycles. The van der Waals surface area contributed by atoms with Gasteiger partial charge in [-0.1, -0.05) is 0 Å². The van der Waals surface area contributed by atoms with Crippen molar-refractivity contribution < 1.29 is 19.1 Å². The van der Waals surface area contributed by atoms with Gasteiger partial charge in [-0.25, -0.2) is 4.79 Å². The summed E-state index contributed by atoms with van der Waals surface area (Å²) in [5.74, 6) is 0.504. The molecule has 1 aromatic rings. The first kappa shape index (κ1) is 17.5. The average molecular weight is 348 g/mol. The van der Waals surface area contributed by atoms with Crippen LogP contribution in [0.5, 0.6) is 5.75 Å². The van der Waals surface area contributed by atoms with E-state index in [4.69, 9.17) is 9.47 Å². The predicted octanol–water partition coefficient (Wildman–Crippen LogP) is 0.882. The Labute approximate surface area is 147 Å². The monoisotopic (exact) mass is 348 g/mol. The van der Waals surface area contributed by atoms with E-state index in [1.807, 2.05) is 14.0 Å². The minimum atomic E-state index is -0.296. The van der Waals surface area contributed by atoms with Gasteiger partial charge < -0.3 is 29.9 Å². The molecule has 136 valence electrons. The van der Waals surface area contributed by atoms with E-state index in [0.717, 1.165) is 13.1 Å². The topological polar surface area (TPSA) is 83.1 Å². The number of hydrogen-bond acceptors (Lipinski definition) is 5. The lowest BCUT2D eigenvalue weighted by atomic mass is 10.2. The number of ether oxygens (including phenoxy) is 2. The molecular weight excluding hydrogens is 324 g/mol. The van der Waals surface area contributed by atoms with Gasteiger partial charge in [-0.2, -0.15) is 0 Å². The van der Waals surface area contributed by atoms with Gasteiger partial charge >= 0.3 is 6.03 Å². The molecule has 0 aromatic heterocycles. The number of nitrogens with one attached hydrogen (secondary N) is 2. The lowest BCUT2D eigenvalue weighted by molar-refractivity contribution is -0.120. The van der Waals surface area contributed by atoms with Crippen LogP contribution in [0.1, 0.15) is 6.92 Å². The lowest BCUT2D eigenvalue weighted by Crippen LogP contribution is -2.45. The normalized spacial score (nSPS) is 23.2. The number of amides is 3. The van der Waals surface area contributed by atoms with Crippen molar-refractivity contribution in [2.45, 2.75) is 19.1 Å². The SMILES string of the molecule is CCO[C@H]1CN(C)C[C@@H]1NC(=O)Nc1ccc2c(c1)N(C)C(=O)CO2. The van der Waals surface area contributed by atoms with E-state index in [9.17, 15) is 9.59 Å². The van der Waals surface area contributed by atoms with Crippen LogP contribution in [0, 0.1) is 0 Å². The highest BCUT2D eigenvalue weighted by Crippen LogP contribution is 2.33. The van der Waals surface area contributed by atoms with Crippen molar-refractivity contribution in [1.29, 1.82) is 0 Å². The van der Waals surface area contributed by atoms with E-state index in [1.54, 1.807) is 25.2 Å². The van der Waals surface area contributed by atoms with Gasteiger partial charge in [0.1, 0.15) is 5.75 Å². The number of rotatable bonds is 4. The molecule has 2 atom stereocenters. The van der Waals surface area contributed by atoms with Crippen LogP contribution in [0.15, 0.2) is 18.2 Å². The number of carbonyl (C=O) groups excluding carboxylic acids is 2. The number of benzene rings is 1. The minimum absolute atomic E-state index is 0.0126. The third kappa shape index (κ3) is 3.85. The van der Waals surface area contributed by atoms with Gasteiger partial charge in [-0.05, 0) is 32.2 Å². The zero-order chi connectivity index (χ0) is 18.0. The highest BCUT2D eigenvalue weighted by molar-refractivity contribution is 5.99. The Bertz CT molecular complexity index is 666. The summed E-state index contributed by atoms with van der Waals surface area (Å²) in [6, 6.07) is 4.88. The Morgan fingerprint density at radius 3 is 2.92 bits per heavy atom. The molecular formula is C17H24N4O4. The van der Waals surface area contributed by atoms with Crippen molar-refractivity contribution in [3.8, 4) is 5.75 Å². The first-order valence-corrected chi connectivity index (χ1v) is 8.39. The molecule has 0 unspecified atom stereocenters. The molecule has 1 fully saturated rings. The molecule has 3 rings (SSSR count). The average Bonchev–Trinajstić information content (AvgIpc) is 2.91. The fraction of sp³-hybridized carbons (Fsp3) is 0.529. The van der Waals surface area contributed by atoms with Crippen LogP contribution in [-0.2, 0) is 9.53 Å². The van der Waals surface area contributed by atoms with E-state index >= 15 is 0 Å². The number of likely N-dealkylation sites (N-methyl/N-ethyl adjacent to an activating group) is 2. The molecule has 1 saturated heterocycles. The maximum Gasteiger partial charge on any atom is 0.319 e. The minimum Gasteiger partial charge on any atom is -0.482 e. The lowest BCUT2D eigenvalue weighted by Gasteiger charge is -2.26. The first-order chi connectivity index (χ1) is 12.0. The van der Waals surface area contributed by atoms with Crippen LogP contribution in [0.4, 0.5) is 16.2 Å². The van der Waals surface area contributed by atoms with Crippen molar-refractivity contribution in [3.63, 3.8) is 0 Å². The molecule has 2 aliphatic heterocycles. The number of likely N-dealkylation sites (tertiary alicyclic amines) is 1. The number of fused-ring (bicyclic) bond motifs is 1. The molecule has 0 radical (unpaired) electrons. The zero-order valence-electron chi connectivity index (χ0n) is 14.7. The Kier molecular flexibility index (Phi) is 5.10. The molecule has 25 heavy (non-hydrogen) atoms. The molecule has 8 nitrogen and oxygen atoms in total. The van der Waals surface area contributed by atoms with Crippen molar-refractivity contribution in [3.05, 3.63) is 18.2 Å². The van der Waals surface area contributed by atoms with Crippen molar-refractivity contribution in [2.75, 3.05) is 50.6 Å². The number of urea groups is 1. The second kappa shape index (κ2) is 7.28. The summed E-state index contributed by atoms with van der Waals surface area (Å²) >= 11 is 0. The summed E-state index contributed by atoms with van der Waals surface area (Å²) in [4.78, 5) is 27.7. The molecule has 8 heteroatoms. The summed E-state index contributed by atoms with van der Waals surface area (Å²) in [5, 5.41) is 5.78. The van der Waals surface area contributed by atoms with Crippen LogP contribution in [-0.4, -0.2) is 69.4 Å². The van der Waals surface area contributed by atoms with Crippen LogP contribution in [0.25, 0.3) is 0 Å². The van der Waals surface area contributed by atoms with Gasteiger partial charge in [-0.15, -0.1) is 0 Å². The zero-order valence-corrected chi connectivity index (χ0v) is 14.7. The predicted molar refractivity (Wildman–Crippen MR) is 94.2 cm³/mol. The van der Waals surface area contributed by atoms with Gasteiger partial charge in [0.2, 0.25) is 0 Å². The summed E-state index contributed by atoms with van der Waals surface area (Å²) < 4.78 is 11.1. The third-order valence-electron chi connectivity index (χ3n) is 4.45. The van der Waals surface area contributed by atoms with E-state index < -0.39 is 0 Å². The maximum absolute atomic E-state index is 12.3. The third-order valence-corrected chi connectivity index (χ3v) is 4.45. The fourth-order valence-electron chi connectivity index (χ4n) is 3.17. The molecule has 0 bridgehead atoms. The summed E-state index contributed by atoms with van der Waals surface area (Å²) in [6.45, 7) is 4.13. The van der Waals surface area contributed by atoms with Crippen LogP contribution < -0.4 is 20.3 Å². The second-order valence-corrected chi connectivity index (χ2v) is 6.34. The van der Waals surface area contributed by atoms with Crippen molar-refractivity contribution >= 4 is 23.3 Å². The van der Waals surface area contributed by atoms with Crippen molar-refractivity contribution in [2.24, 2.45) is 0 Å². The molecule has 0 aliphatic carbocycles.